The Morgan fingerprint density at radius 3 is 2.19 bits per heavy atom. The first-order valence-electron chi connectivity index (χ1n) is 6.24. The van der Waals surface area contributed by atoms with Gasteiger partial charge >= 0.3 is 6.09 Å². The molecule has 4 nitrogen and oxygen atoms in total. The highest BCUT2D eigenvalue weighted by molar-refractivity contribution is 5.67. The second kappa shape index (κ2) is 6.09. The van der Waals surface area contributed by atoms with Crippen LogP contribution < -0.4 is 0 Å². The Balaban J connectivity index is 2.33. The van der Waals surface area contributed by atoms with Crippen molar-refractivity contribution in [2.24, 2.45) is 0 Å². The van der Waals surface area contributed by atoms with E-state index < -0.39 is 0 Å². The van der Waals surface area contributed by atoms with Crippen LogP contribution in [0.1, 0.15) is 34.1 Å². The van der Waals surface area contributed by atoms with Crippen LogP contribution in [0.25, 0.3) is 0 Å². The number of amides is 1. The third-order valence-electron chi connectivity index (χ3n) is 3.18. The predicted molar refractivity (Wildman–Crippen MR) is 64.5 cm³/mol. The predicted octanol–water partition coefficient (Wildman–Crippen LogP) is 1.95. The lowest BCUT2D eigenvalue weighted by atomic mass is 10.2. The van der Waals surface area contributed by atoms with Crippen LogP contribution in [0.15, 0.2) is 0 Å². The van der Waals surface area contributed by atoms with Gasteiger partial charge in [-0.1, -0.05) is 6.92 Å². The summed E-state index contributed by atoms with van der Waals surface area (Å²) in [6, 6.07) is 0.563. The molecule has 0 aromatic rings. The van der Waals surface area contributed by atoms with Crippen molar-refractivity contribution in [3.8, 4) is 0 Å². The highest BCUT2D eigenvalue weighted by atomic mass is 16.6. The summed E-state index contributed by atoms with van der Waals surface area (Å²) < 4.78 is 5.30. The Labute approximate surface area is 98.5 Å². The lowest BCUT2D eigenvalue weighted by Crippen LogP contribution is -2.51. The SMILES string of the molecule is CC[C@H](C)OC(=O)N1CCN(C(C)C)CC1. The molecule has 0 spiro atoms. The van der Waals surface area contributed by atoms with E-state index in [0.717, 1.165) is 32.6 Å². The molecule has 1 rings (SSSR count). The average Bonchev–Trinajstić information content (AvgIpc) is 2.28. The molecule has 1 fully saturated rings. The van der Waals surface area contributed by atoms with Gasteiger partial charge in [-0.2, -0.15) is 0 Å². The molecule has 1 aliphatic heterocycles. The summed E-state index contributed by atoms with van der Waals surface area (Å²) in [5.74, 6) is 0. The summed E-state index contributed by atoms with van der Waals surface area (Å²) in [7, 11) is 0. The van der Waals surface area contributed by atoms with Crippen LogP contribution in [-0.4, -0.2) is 54.2 Å². The lowest BCUT2D eigenvalue weighted by molar-refractivity contribution is 0.0456. The van der Waals surface area contributed by atoms with Crippen molar-refractivity contribution in [2.45, 2.75) is 46.3 Å². The molecule has 1 aliphatic rings. The molecule has 0 N–H and O–H groups in total. The van der Waals surface area contributed by atoms with E-state index >= 15 is 0 Å². The number of piperazine rings is 1. The zero-order chi connectivity index (χ0) is 12.1. The van der Waals surface area contributed by atoms with Gasteiger partial charge in [0.1, 0.15) is 6.10 Å². The molecule has 16 heavy (non-hydrogen) atoms. The van der Waals surface area contributed by atoms with Gasteiger partial charge < -0.3 is 9.64 Å². The maximum atomic E-state index is 11.7. The number of nitrogens with zero attached hydrogens (tertiary/aromatic N) is 2. The van der Waals surface area contributed by atoms with Crippen molar-refractivity contribution in [1.82, 2.24) is 9.80 Å². The second-order valence-electron chi connectivity index (χ2n) is 4.72. The Morgan fingerprint density at radius 2 is 1.75 bits per heavy atom. The van der Waals surface area contributed by atoms with Gasteiger partial charge in [-0.15, -0.1) is 0 Å². The first-order valence-corrected chi connectivity index (χ1v) is 6.24. The molecule has 1 saturated heterocycles. The minimum absolute atomic E-state index is 0.0237. The van der Waals surface area contributed by atoms with Gasteiger partial charge in [0.05, 0.1) is 0 Å². The lowest BCUT2D eigenvalue weighted by Gasteiger charge is -2.36. The highest BCUT2D eigenvalue weighted by Crippen LogP contribution is 2.08. The van der Waals surface area contributed by atoms with E-state index in [2.05, 4.69) is 18.7 Å². The molecule has 0 radical (unpaired) electrons. The van der Waals surface area contributed by atoms with Gasteiger partial charge in [0, 0.05) is 32.2 Å². The van der Waals surface area contributed by atoms with Gasteiger partial charge in [-0.25, -0.2) is 4.79 Å². The summed E-state index contributed by atoms with van der Waals surface area (Å²) >= 11 is 0. The van der Waals surface area contributed by atoms with Crippen LogP contribution >= 0.6 is 0 Å². The number of rotatable bonds is 3. The maximum absolute atomic E-state index is 11.7. The van der Waals surface area contributed by atoms with Crippen LogP contribution in [-0.2, 0) is 4.74 Å². The van der Waals surface area contributed by atoms with E-state index in [1.807, 2.05) is 18.7 Å². The zero-order valence-electron chi connectivity index (χ0n) is 10.9. The molecule has 0 unspecified atom stereocenters. The summed E-state index contributed by atoms with van der Waals surface area (Å²) in [5.41, 5.74) is 0. The van der Waals surface area contributed by atoms with Crippen LogP contribution in [0.2, 0.25) is 0 Å². The molecule has 1 amide bonds. The molecule has 1 atom stereocenters. The number of carbonyl (C=O) groups is 1. The molecule has 0 bridgehead atoms. The first kappa shape index (κ1) is 13.3. The van der Waals surface area contributed by atoms with Crippen molar-refractivity contribution in [1.29, 1.82) is 0 Å². The Morgan fingerprint density at radius 1 is 1.19 bits per heavy atom. The fourth-order valence-electron chi connectivity index (χ4n) is 1.75. The molecular formula is C12H24N2O2. The van der Waals surface area contributed by atoms with Gasteiger partial charge in [0.2, 0.25) is 0 Å². The molecule has 0 aromatic carbocycles. The molecular weight excluding hydrogens is 204 g/mol. The third-order valence-corrected chi connectivity index (χ3v) is 3.18. The smallest absolute Gasteiger partial charge is 0.410 e. The zero-order valence-corrected chi connectivity index (χ0v) is 10.9. The molecule has 0 saturated carbocycles. The van der Waals surface area contributed by atoms with E-state index in [4.69, 9.17) is 4.74 Å². The molecule has 1 heterocycles. The monoisotopic (exact) mass is 228 g/mol. The molecule has 0 aromatic heterocycles. The Hall–Kier alpha value is -0.770. The standard InChI is InChI=1S/C12H24N2O2/c1-5-11(4)16-12(15)14-8-6-13(7-9-14)10(2)3/h10-11H,5-9H2,1-4H3/t11-/m0/s1. The minimum Gasteiger partial charge on any atom is -0.446 e. The average molecular weight is 228 g/mol. The van der Waals surface area contributed by atoms with Crippen LogP contribution in [0.3, 0.4) is 0 Å². The van der Waals surface area contributed by atoms with Crippen LogP contribution in [0, 0.1) is 0 Å². The molecule has 0 aliphatic carbocycles. The van der Waals surface area contributed by atoms with Crippen molar-refractivity contribution in [2.75, 3.05) is 26.2 Å². The van der Waals surface area contributed by atoms with Gasteiger partial charge in [0.15, 0.2) is 0 Å². The van der Waals surface area contributed by atoms with Crippen molar-refractivity contribution in [3.63, 3.8) is 0 Å². The van der Waals surface area contributed by atoms with E-state index in [-0.39, 0.29) is 12.2 Å². The Kier molecular flexibility index (Phi) is 5.06. The number of carbonyl (C=O) groups excluding carboxylic acids is 1. The summed E-state index contributed by atoms with van der Waals surface area (Å²) in [6.07, 6.45) is 0.742. The molecule has 94 valence electrons. The minimum atomic E-state index is -0.155. The van der Waals surface area contributed by atoms with Crippen molar-refractivity contribution >= 4 is 6.09 Å². The summed E-state index contributed by atoms with van der Waals surface area (Å²) in [6.45, 7) is 11.8. The fourth-order valence-corrected chi connectivity index (χ4v) is 1.75. The largest absolute Gasteiger partial charge is 0.446 e. The van der Waals surface area contributed by atoms with Gasteiger partial charge in [0.25, 0.3) is 0 Å². The maximum Gasteiger partial charge on any atom is 0.410 e. The van der Waals surface area contributed by atoms with Gasteiger partial charge in [-0.05, 0) is 27.2 Å². The Bertz CT molecular complexity index is 223. The fraction of sp³-hybridized carbons (Fsp3) is 0.917. The quantitative estimate of drug-likeness (QED) is 0.740. The van der Waals surface area contributed by atoms with E-state index in [1.165, 1.54) is 0 Å². The second-order valence-corrected chi connectivity index (χ2v) is 4.72. The normalized spacial score (nSPS) is 19.9. The summed E-state index contributed by atoms with van der Waals surface area (Å²) in [5, 5.41) is 0. The van der Waals surface area contributed by atoms with Crippen molar-refractivity contribution < 1.29 is 9.53 Å². The first-order chi connectivity index (χ1) is 7.54. The van der Waals surface area contributed by atoms with Gasteiger partial charge in [-0.3, -0.25) is 4.90 Å². The van der Waals surface area contributed by atoms with Crippen LogP contribution in [0.4, 0.5) is 4.79 Å². The molecule has 4 heteroatoms. The van der Waals surface area contributed by atoms with Crippen molar-refractivity contribution in [3.05, 3.63) is 0 Å². The highest BCUT2D eigenvalue weighted by Gasteiger charge is 2.23. The number of hydrogen-bond acceptors (Lipinski definition) is 3. The van der Waals surface area contributed by atoms with E-state index in [0.29, 0.717) is 6.04 Å². The van der Waals surface area contributed by atoms with E-state index in [9.17, 15) is 4.79 Å². The topological polar surface area (TPSA) is 32.8 Å². The summed E-state index contributed by atoms with van der Waals surface area (Å²) in [4.78, 5) is 15.9. The van der Waals surface area contributed by atoms with Crippen LogP contribution in [0.5, 0.6) is 0 Å². The number of hydrogen-bond donors (Lipinski definition) is 0. The third kappa shape index (κ3) is 3.67. The number of ether oxygens (including phenoxy) is 1. The van der Waals surface area contributed by atoms with E-state index in [1.54, 1.807) is 0 Å².